The molecule has 192 valence electrons. The Bertz CT molecular complexity index is 1080. The summed E-state index contributed by atoms with van der Waals surface area (Å²) < 4.78 is 31.3. The zero-order valence-corrected chi connectivity index (χ0v) is 22.3. The van der Waals surface area contributed by atoms with Crippen LogP contribution in [0.4, 0.5) is 5.69 Å². The Hall–Kier alpha value is -3.07. The number of ether oxygens (including phenoxy) is 1. The molecule has 0 radical (unpaired) electrons. The Labute approximate surface area is 209 Å². The molecular weight excluding hydrogens is 466 g/mol. The van der Waals surface area contributed by atoms with Crippen LogP contribution in [-0.4, -0.2) is 57.1 Å². The highest BCUT2D eigenvalue weighted by Crippen LogP contribution is 2.20. The molecule has 0 aromatic heterocycles. The fraction of sp³-hybridized carbons (Fsp3) is 0.462. The minimum absolute atomic E-state index is 0.0549. The first-order valence-electron chi connectivity index (χ1n) is 11.7. The maximum atomic E-state index is 13.3. The number of carbonyl (C=O) groups excluding carboxylic acids is 2. The average molecular weight is 504 g/mol. The number of nitrogens with one attached hydrogen (secondary N) is 1. The molecule has 9 heteroatoms. The van der Waals surface area contributed by atoms with E-state index in [1.807, 2.05) is 57.2 Å². The summed E-state index contributed by atoms with van der Waals surface area (Å²) in [5.74, 6) is 0.248. The van der Waals surface area contributed by atoms with Crippen LogP contribution in [0, 0.1) is 6.92 Å². The van der Waals surface area contributed by atoms with E-state index < -0.39 is 16.1 Å². The van der Waals surface area contributed by atoms with Crippen LogP contribution < -0.4 is 14.4 Å². The molecule has 0 aliphatic rings. The number of amides is 2. The number of benzene rings is 2. The molecule has 0 fully saturated rings. The first-order chi connectivity index (χ1) is 16.4. The lowest BCUT2D eigenvalue weighted by Gasteiger charge is -2.30. The molecule has 0 heterocycles. The van der Waals surface area contributed by atoms with Gasteiger partial charge in [0, 0.05) is 25.6 Å². The van der Waals surface area contributed by atoms with Gasteiger partial charge >= 0.3 is 0 Å². The predicted molar refractivity (Wildman–Crippen MR) is 139 cm³/mol. The first-order valence-corrected chi connectivity index (χ1v) is 13.5. The van der Waals surface area contributed by atoms with Crippen LogP contribution in [0.1, 0.15) is 44.7 Å². The summed E-state index contributed by atoms with van der Waals surface area (Å²) in [6.07, 6.45) is 1.58. The minimum atomic E-state index is -3.51. The van der Waals surface area contributed by atoms with Crippen molar-refractivity contribution >= 4 is 27.5 Å². The maximum Gasteiger partial charge on any atom is 0.242 e. The number of anilines is 1. The second-order valence-corrected chi connectivity index (χ2v) is 10.9. The zero-order valence-electron chi connectivity index (χ0n) is 21.4. The summed E-state index contributed by atoms with van der Waals surface area (Å²) in [7, 11) is -1.93. The molecule has 1 unspecified atom stereocenters. The Morgan fingerprint density at radius 3 is 2.11 bits per heavy atom. The lowest BCUT2D eigenvalue weighted by Crippen LogP contribution is -2.49. The Kier molecular flexibility index (Phi) is 10.1. The fourth-order valence-corrected chi connectivity index (χ4v) is 4.60. The van der Waals surface area contributed by atoms with Gasteiger partial charge in [-0.05, 0) is 63.9 Å². The highest BCUT2D eigenvalue weighted by atomic mass is 32.2. The summed E-state index contributed by atoms with van der Waals surface area (Å²) >= 11 is 0. The van der Waals surface area contributed by atoms with Gasteiger partial charge in [0.15, 0.2) is 0 Å². The second-order valence-electron chi connectivity index (χ2n) is 8.98. The third kappa shape index (κ3) is 8.58. The Morgan fingerprint density at radius 2 is 1.60 bits per heavy atom. The third-order valence-electron chi connectivity index (χ3n) is 5.58. The molecule has 35 heavy (non-hydrogen) atoms. The van der Waals surface area contributed by atoms with Gasteiger partial charge in [-0.3, -0.25) is 13.9 Å². The molecule has 0 bridgehead atoms. The zero-order chi connectivity index (χ0) is 26.2. The van der Waals surface area contributed by atoms with Gasteiger partial charge in [-0.2, -0.15) is 0 Å². The number of rotatable bonds is 12. The van der Waals surface area contributed by atoms with Crippen molar-refractivity contribution in [2.24, 2.45) is 0 Å². The normalized spacial score (nSPS) is 12.2. The molecule has 8 nitrogen and oxygen atoms in total. The van der Waals surface area contributed by atoms with Crippen LogP contribution in [0.2, 0.25) is 0 Å². The number of aryl methyl sites for hydroxylation is 1. The van der Waals surface area contributed by atoms with E-state index in [-0.39, 0.29) is 37.4 Å². The minimum Gasteiger partial charge on any atom is -0.497 e. The molecular formula is C26H37N3O5S. The first kappa shape index (κ1) is 28.2. The van der Waals surface area contributed by atoms with Crippen molar-refractivity contribution in [1.82, 2.24) is 10.2 Å². The molecule has 2 aromatic rings. The van der Waals surface area contributed by atoms with Crippen molar-refractivity contribution in [2.75, 3.05) is 24.2 Å². The summed E-state index contributed by atoms with van der Waals surface area (Å²) in [6, 6.07) is 13.8. The summed E-state index contributed by atoms with van der Waals surface area (Å²) in [5.41, 5.74) is 2.45. The highest BCUT2D eigenvalue weighted by molar-refractivity contribution is 7.92. The van der Waals surface area contributed by atoms with Gasteiger partial charge in [-0.25, -0.2) is 8.42 Å². The van der Waals surface area contributed by atoms with E-state index >= 15 is 0 Å². The Balaban J connectivity index is 2.16. The molecule has 2 aromatic carbocycles. The SMILES string of the molecule is COc1ccc(CN(C(=O)CCCN(c2ccc(C)cc2)S(C)(=O)=O)C(C)C(=O)NC(C)C)cc1. The van der Waals surface area contributed by atoms with Gasteiger partial charge in [0.05, 0.1) is 19.1 Å². The predicted octanol–water partition coefficient (Wildman–Crippen LogP) is 3.49. The number of sulfonamides is 1. The van der Waals surface area contributed by atoms with Gasteiger partial charge in [0.25, 0.3) is 0 Å². The van der Waals surface area contributed by atoms with Crippen molar-refractivity contribution in [2.45, 2.75) is 59.2 Å². The van der Waals surface area contributed by atoms with Gasteiger partial charge < -0.3 is 15.0 Å². The highest BCUT2D eigenvalue weighted by Gasteiger charge is 2.27. The van der Waals surface area contributed by atoms with E-state index in [0.717, 1.165) is 17.4 Å². The quantitative estimate of drug-likeness (QED) is 0.478. The largest absolute Gasteiger partial charge is 0.497 e. The molecule has 0 aliphatic carbocycles. The molecule has 0 spiro atoms. The van der Waals surface area contributed by atoms with Crippen molar-refractivity contribution in [3.05, 3.63) is 59.7 Å². The molecule has 1 atom stereocenters. The van der Waals surface area contributed by atoms with Crippen LogP contribution in [0.3, 0.4) is 0 Å². The smallest absolute Gasteiger partial charge is 0.242 e. The van der Waals surface area contributed by atoms with E-state index in [1.54, 1.807) is 26.2 Å². The van der Waals surface area contributed by atoms with Crippen molar-refractivity contribution in [3.8, 4) is 5.75 Å². The third-order valence-corrected chi connectivity index (χ3v) is 6.78. The van der Waals surface area contributed by atoms with E-state index in [1.165, 1.54) is 9.21 Å². The van der Waals surface area contributed by atoms with E-state index in [2.05, 4.69) is 5.32 Å². The number of carbonyl (C=O) groups is 2. The summed E-state index contributed by atoms with van der Waals surface area (Å²) in [4.78, 5) is 27.5. The molecule has 0 saturated heterocycles. The summed E-state index contributed by atoms with van der Waals surface area (Å²) in [5, 5.41) is 2.86. The van der Waals surface area contributed by atoms with Gasteiger partial charge in [0.1, 0.15) is 11.8 Å². The molecule has 0 aliphatic heterocycles. The summed E-state index contributed by atoms with van der Waals surface area (Å²) in [6.45, 7) is 7.78. The molecule has 2 amide bonds. The average Bonchev–Trinajstić information content (AvgIpc) is 2.79. The molecule has 1 N–H and O–H groups in total. The van der Waals surface area contributed by atoms with Crippen LogP contribution in [-0.2, 0) is 26.2 Å². The van der Waals surface area contributed by atoms with E-state index in [0.29, 0.717) is 17.9 Å². The van der Waals surface area contributed by atoms with Crippen molar-refractivity contribution < 1.29 is 22.7 Å². The van der Waals surface area contributed by atoms with E-state index in [4.69, 9.17) is 4.74 Å². The van der Waals surface area contributed by atoms with Gasteiger partial charge in [0.2, 0.25) is 21.8 Å². The maximum absolute atomic E-state index is 13.3. The number of nitrogens with zero attached hydrogens (tertiary/aromatic N) is 2. The standard InChI is InChI=1S/C26H37N3O5S/c1-19(2)27-26(31)21(4)28(18-22-11-15-24(34-5)16-12-22)25(30)8-7-17-29(35(6,32)33)23-13-9-20(3)10-14-23/h9-16,19,21H,7-8,17-18H2,1-6H3,(H,27,31). The van der Waals surface area contributed by atoms with Crippen LogP contribution in [0.15, 0.2) is 48.5 Å². The van der Waals surface area contributed by atoms with Crippen molar-refractivity contribution in [3.63, 3.8) is 0 Å². The Morgan fingerprint density at radius 1 is 1.00 bits per heavy atom. The topological polar surface area (TPSA) is 96.0 Å². The van der Waals surface area contributed by atoms with Crippen LogP contribution in [0.25, 0.3) is 0 Å². The van der Waals surface area contributed by atoms with Crippen LogP contribution in [0.5, 0.6) is 5.75 Å². The lowest BCUT2D eigenvalue weighted by atomic mass is 10.1. The molecule has 0 saturated carbocycles. The monoisotopic (exact) mass is 503 g/mol. The van der Waals surface area contributed by atoms with Gasteiger partial charge in [-0.15, -0.1) is 0 Å². The molecule has 2 rings (SSSR count). The fourth-order valence-electron chi connectivity index (χ4n) is 3.63. The van der Waals surface area contributed by atoms with Crippen LogP contribution >= 0.6 is 0 Å². The number of hydrogen-bond donors (Lipinski definition) is 1. The lowest BCUT2D eigenvalue weighted by molar-refractivity contribution is -0.140. The van der Waals surface area contributed by atoms with E-state index in [9.17, 15) is 18.0 Å². The van der Waals surface area contributed by atoms with Gasteiger partial charge in [-0.1, -0.05) is 29.8 Å². The second kappa shape index (κ2) is 12.6. The number of hydrogen-bond acceptors (Lipinski definition) is 5. The number of methoxy groups -OCH3 is 1. The van der Waals surface area contributed by atoms with Crippen molar-refractivity contribution in [1.29, 1.82) is 0 Å².